The predicted molar refractivity (Wildman–Crippen MR) is 54.3 cm³/mol. The molecule has 0 aromatic carbocycles. The monoisotopic (exact) mass is 198 g/mol. The van der Waals surface area contributed by atoms with Gasteiger partial charge in [-0.3, -0.25) is 4.68 Å². The molecule has 0 spiro atoms. The Morgan fingerprint density at radius 2 is 2.21 bits per heavy atom. The van der Waals surface area contributed by atoms with Gasteiger partial charge in [0.2, 0.25) is 0 Å². The SMILES string of the molecule is COCCCOCCn1nccc1C. The maximum atomic E-state index is 5.42. The van der Waals surface area contributed by atoms with Crippen molar-refractivity contribution in [2.75, 3.05) is 26.9 Å². The summed E-state index contributed by atoms with van der Waals surface area (Å²) < 4.78 is 12.3. The second-order valence-electron chi connectivity index (χ2n) is 3.15. The maximum Gasteiger partial charge on any atom is 0.0662 e. The third-order valence-electron chi connectivity index (χ3n) is 2.01. The molecule has 1 rings (SSSR count). The lowest BCUT2D eigenvalue weighted by atomic mass is 10.5. The van der Waals surface area contributed by atoms with E-state index in [2.05, 4.69) is 5.10 Å². The van der Waals surface area contributed by atoms with Gasteiger partial charge in [-0.05, 0) is 19.4 Å². The van der Waals surface area contributed by atoms with E-state index < -0.39 is 0 Å². The number of aryl methyl sites for hydroxylation is 1. The summed E-state index contributed by atoms with van der Waals surface area (Å²) in [4.78, 5) is 0. The molecule has 0 bridgehead atoms. The van der Waals surface area contributed by atoms with Gasteiger partial charge in [0.15, 0.2) is 0 Å². The van der Waals surface area contributed by atoms with Crippen molar-refractivity contribution in [3.05, 3.63) is 18.0 Å². The lowest BCUT2D eigenvalue weighted by molar-refractivity contribution is 0.0958. The molecule has 0 aliphatic rings. The van der Waals surface area contributed by atoms with Gasteiger partial charge in [0.05, 0.1) is 13.2 Å². The first-order valence-electron chi connectivity index (χ1n) is 4.89. The normalized spacial score (nSPS) is 10.7. The molecule has 0 aliphatic carbocycles. The fourth-order valence-corrected chi connectivity index (χ4v) is 1.19. The summed E-state index contributed by atoms with van der Waals surface area (Å²) in [6.07, 6.45) is 2.76. The lowest BCUT2D eigenvalue weighted by Gasteiger charge is -2.05. The molecule has 0 saturated heterocycles. The largest absolute Gasteiger partial charge is 0.385 e. The van der Waals surface area contributed by atoms with Crippen LogP contribution in [0.3, 0.4) is 0 Å². The maximum absolute atomic E-state index is 5.42. The summed E-state index contributed by atoms with van der Waals surface area (Å²) in [5.41, 5.74) is 1.17. The van der Waals surface area contributed by atoms with Crippen LogP contribution in [0.15, 0.2) is 12.3 Å². The van der Waals surface area contributed by atoms with Crippen molar-refractivity contribution in [3.8, 4) is 0 Å². The topological polar surface area (TPSA) is 36.3 Å². The van der Waals surface area contributed by atoms with Gasteiger partial charge < -0.3 is 9.47 Å². The summed E-state index contributed by atoms with van der Waals surface area (Å²) in [6.45, 7) is 5.10. The number of methoxy groups -OCH3 is 1. The molecule has 0 unspecified atom stereocenters. The Morgan fingerprint density at radius 1 is 1.36 bits per heavy atom. The molecule has 14 heavy (non-hydrogen) atoms. The fourth-order valence-electron chi connectivity index (χ4n) is 1.19. The van der Waals surface area contributed by atoms with E-state index >= 15 is 0 Å². The van der Waals surface area contributed by atoms with Crippen LogP contribution < -0.4 is 0 Å². The quantitative estimate of drug-likeness (QED) is 0.618. The zero-order valence-electron chi connectivity index (χ0n) is 8.90. The van der Waals surface area contributed by atoms with Gasteiger partial charge in [-0.25, -0.2) is 0 Å². The van der Waals surface area contributed by atoms with E-state index in [-0.39, 0.29) is 0 Å². The van der Waals surface area contributed by atoms with Gasteiger partial charge in [-0.2, -0.15) is 5.10 Å². The Morgan fingerprint density at radius 3 is 2.86 bits per heavy atom. The molecule has 0 atom stereocenters. The molecule has 0 N–H and O–H groups in total. The zero-order valence-corrected chi connectivity index (χ0v) is 8.90. The third-order valence-corrected chi connectivity index (χ3v) is 2.01. The van der Waals surface area contributed by atoms with Crippen molar-refractivity contribution in [1.82, 2.24) is 9.78 Å². The van der Waals surface area contributed by atoms with Crippen molar-refractivity contribution in [2.45, 2.75) is 19.9 Å². The highest BCUT2D eigenvalue weighted by Gasteiger charge is 1.95. The van der Waals surface area contributed by atoms with Crippen molar-refractivity contribution in [2.24, 2.45) is 0 Å². The lowest BCUT2D eigenvalue weighted by Crippen LogP contribution is -2.10. The molecule has 80 valence electrons. The molecule has 0 radical (unpaired) electrons. The Labute approximate surface area is 84.8 Å². The predicted octanol–water partition coefficient (Wildman–Crippen LogP) is 1.24. The van der Waals surface area contributed by atoms with E-state index in [1.165, 1.54) is 5.69 Å². The van der Waals surface area contributed by atoms with Crippen LogP contribution in [-0.4, -0.2) is 36.7 Å². The molecule has 0 saturated carbocycles. The Hall–Kier alpha value is -0.870. The van der Waals surface area contributed by atoms with Crippen molar-refractivity contribution in [3.63, 3.8) is 0 Å². The van der Waals surface area contributed by atoms with Gasteiger partial charge in [-0.15, -0.1) is 0 Å². The number of hydrogen-bond donors (Lipinski definition) is 0. The third kappa shape index (κ3) is 3.89. The van der Waals surface area contributed by atoms with E-state index in [4.69, 9.17) is 9.47 Å². The van der Waals surface area contributed by atoms with E-state index in [1.807, 2.05) is 17.7 Å². The summed E-state index contributed by atoms with van der Waals surface area (Å²) in [6, 6.07) is 1.99. The second kappa shape index (κ2) is 6.56. The van der Waals surface area contributed by atoms with Gasteiger partial charge in [0.1, 0.15) is 0 Å². The average Bonchev–Trinajstić information content (AvgIpc) is 2.58. The molecule has 1 heterocycles. The fraction of sp³-hybridized carbons (Fsp3) is 0.700. The highest BCUT2D eigenvalue weighted by atomic mass is 16.5. The van der Waals surface area contributed by atoms with E-state index in [9.17, 15) is 0 Å². The minimum atomic E-state index is 0.715. The van der Waals surface area contributed by atoms with Gasteiger partial charge >= 0.3 is 0 Å². The number of aromatic nitrogens is 2. The van der Waals surface area contributed by atoms with Crippen LogP contribution in [0, 0.1) is 6.92 Å². The van der Waals surface area contributed by atoms with Gasteiger partial charge in [-0.1, -0.05) is 0 Å². The smallest absolute Gasteiger partial charge is 0.0662 e. The van der Waals surface area contributed by atoms with Crippen LogP contribution >= 0.6 is 0 Å². The molecular formula is C10H18N2O2. The summed E-state index contributed by atoms with van der Waals surface area (Å²) in [7, 11) is 1.70. The Balaban J connectivity index is 2.02. The molecule has 0 amide bonds. The van der Waals surface area contributed by atoms with Crippen LogP contribution in [0.1, 0.15) is 12.1 Å². The summed E-state index contributed by atoms with van der Waals surface area (Å²) in [5, 5.41) is 4.16. The van der Waals surface area contributed by atoms with Crippen LogP contribution in [-0.2, 0) is 16.0 Å². The minimum Gasteiger partial charge on any atom is -0.385 e. The van der Waals surface area contributed by atoms with E-state index in [0.29, 0.717) is 6.61 Å². The standard InChI is InChI=1S/C10H18N2O2/c1-10-4-5-11-12(10)6-9-14-8-3-7-13-2/h4-5H,3,6-9H2,1-2H3. The molecule has 4 heteroatoms. The van der Waals surface area contributed by atoms with Crippen molar-refractivity contribution in [1.29, 1.82) is 0 Å². The molecule has 0 fully saturated rings. The minimum absolute atomic E-state index is 0.715. The molecule has 1 aromatic rings. The highest BCUT2D eigenvalue weighted by Crippen LogP contribution is 1.95. The molecule has 4 nitrogen and oxygen atoms in total. The molecular weight excluding hydrogens is 180 g/mol. The van der Waals surface area contributed by atoms with Crippen molar-refractivity contribution < 1.29 is 9.47 Å². The second-order valence-corrected chi connectivity index (χ2v) is 3.15. The van der Waals surface area contributed by atoms with Crippen LogP contribution in [0.25, 0.3) is 0 Å². The van der Waals surface area contributed by atoms with Crippen LogP contribution in [0.2, 0.25) is 0 Å². The van der Waals surface area contributed by atoms with Gasteiger partial charge in [0, 0.05) is 32.2 Å². The number of rotatable bonds is 7. The molecule has 1 aromatic heterocycles. The highest BCUT2D eigenvalue weighted by molar-refractivity contribution is 4.96. The Kier molecular flexibility index (Phi) is 5.25. The summed E-state index contributed by atoms with van der Waals surface area (Å²) >= 11 is 0. The van der Waals surface area contributed by atoms with Gasteiger partial charge in [0.25, 0.3) is 0 Å². The first kappa shape index (κ1) is 11.2. The Bertz CT molecular complexity index is 248. The first-order chi connectivity index (χ1) is 6.84. The van der Waals surface area contributed by atoms with Crippen molar-refractivity contribution >= 4 is 0 Å². The average molecular weight is 198 g/mol. The first-order valence-corrected chi connectivity index (χ1v) is 4.89. The van der Waals surface area contributed by atoms with E-state index in [1.54, 1.807) is 13.3 Å². The number of hydrogen-bond acceptors (Lipinski definition) is 3. The van der Waals surface area contributed by atoms with Crippen LogP contribution in [0.5, 0.6) is 0 Å². The van der Waals surface area contributed by atoms with E-state index in [0.717, 1.165) is 26.2 Å². The summed E-state index contributed by atoms with van der Waals surface area (Å²) in [5.74, 6) is 0. The number of nitrogens with zero attached hydrogens (tertiary/aromatic N) is 2. The molecule has 0 aliphatic heterocycles. The number of ether oxygens (including phenoxy) is 2. The van der Waals surface area contributed by atoms with Crippen LogP contribution in [0.4, 0.5) is 0 Å². The zero-order chi connectivity index (χ0) is 10.2.